The van der Waals surface area contributed by atoms with Crippen LogP contribution in [-0.2, 0) is 0 Å². The lowest BCUT2D eigenvalue weighted by atomic mass is 10.1. The molecule has 96 valence electrons. The number of rotatable bonds is 7. The topological polar surface area (TPSA) is 21.3 Å². The third-order valence-corrected chi connectivity index (χ3v) is 3.12. The summed E-state index contributed by atoms with van der Waals surface area (Å²) in [6, 6.07) is 5.64. The van der Waals surface area contributed by atoms with E-state index in [1.54, 1.807) is 0 Å². The van der Waals surface area contributed by atoms with E-state index in [9.17, 15) is 0 Å². The summed E-state index contributed by atoms with van der Waals surface area (Å²) in [7, 11) is 0. The van der Waals surface area contributed by atoms with Crippen molar-refractivity contribution < 1.29 is 4.74 Å². The third-order valence-electron chi connectivity index (χ3n) is 2.33. The highest BCUT2D eigenvalue weighted by atomic mass is 79.9. The fourth-order valence-electron chi connectivity index (χ4n) is 1.34. The minimum atomic E-state index is 0.638. The fraction of sp³-hybridized carbons (Fsp3) is 0.538. The molecule has 1 N–H and O–H groups in total. The van der Waals surface area contributed by atoms with Crippen molar-refractivity contribution >= 4 is 27.5 Å². The summed E-state index contributed by atoms with van der Waals surface area (Å²) in [6.07, 6.45) is 1.19. The molecule has 2 nitrogen and oxygen atoms in total. The molecule has 0 fully saturated rings. The molecule has 0 heterocycles. The van der Waals surface area contributed by atoms with E-state index in [1.807, 2.05) is 18.2 Å². The lowest BCUT2D eigenvalue weighted by Gasteiger charge is -2.10. The molecule has 0 aliphatic rings. The molecular weight excluding hydrogens is 302 g/mol. The predicted molar refractivity (Wildman–Crippen MR) is 77.0 cm³/mol. The van der Waals surface area contributed by atoms with E-state index in [1.165, 1.54) is 6.42 Å². The number of nitrogens with one attached hydrogen (secondary N) is 1. The first-order chi connectivity index (χ1) is 8.09. The van der Waals surface area contributed by atoms with Crippen molar-refractivity contribution in [2.24, 2.45) is 5.92 Å². The first kappa shape index (κ1) is 14.8. The number of ether oxygens (including phenoxy) is 1. The molecule has 0 amide bonds. The van der Waals surface area contributed by atoms with E-state index < -0.39 is 0 Å². The summed E-state index contributed by atoms with van der Waals surface area (Å²) < 4.78 is 6.55. The number of halogens is 2. The van der Waals surface area contributed by atoms with Crippen LogP contribution in [-0.4, -0.2) is 19.7 Å². The molecule has 0 aliphatic heterocycles. The van der Waals surface area contributed by atoms with Crippen LogP contribution < -0.4 is 10.1 Å². The maximum absolute atomic E-state index is 6.04. The highest BCUT2D eigenvalue weighted by molar-refractivity contribution is 9.10. The van der Waals surface area contributed by atoms with Crippen LogP contribution in [0.3, 0.4) is 0 Å². The second-order valence-corrected chi connectivity index (χ2v) is 5.68. The molecule has 0 bridgehead atoms. The number of hydrogen-bond acceptors (Lipinski definition) is 2. The molecular formula is C13H19BrClNO. The van der Waals surface area contributed by atoms with Crippen molar-refractivity contribution in [1.29, 1.82) is 0 Å². The van der Waals surface area contributed by atoms with E-state index in [0.717, 1.165) is 29.2 Å². The number of benzene rings is 1. The van der Waals surface area contributed by atoms with Crippen LogP contribution in [0, 0.1) is 5.92 Å². The Bertz CT molecular complexity index is 344. The average Bonchev–Trinajstić information content (AvgIpc) is 2.25. The smallest absolute Gasteiger partial charge is 0.138 e. The Labute approximate surface area is 117 Å². The van der Waals surface area contributed by atoms with Gasteiger partial charge in [0.2, 0.25) is 0 Å². The van der Waals surface area contributed by atoms with Crippen LogP contribution in [0.25, 0.3) is 0 Å². The average molecular weight is 321 g/mol. The Morgan fingerprint density at radius 2 is 2.12 bits per heavy atom. The minimum Gasteiger partial charge on any atom is -0.491 e. The summed E-state index contributed by atoms with van der Waals surface area (Å²) in [4.78, 5) is 0. The number of hydrogen-bond donors (Lipinski definition) is 1. The summed E-state index contributed by atoms with van der Waals surface area (Å²) in [5, 5.41) is 3.98. The van der Waals surface area contributed by atoms with E-state index >= 15 is 0 Å². The summed E-state index contributed by atoms with van der Waals surface area (Å²) >= 11 is 9.40. The van der Waals surface area contributed by atoms with Gasteiger partial charge in [0.25, 0.3) is 0 Å². The molecule has 17 heavy (non-hydrogen) atoms. The standard InChI is InChI=1S/C13H19BrClNO/c1-10(2)5-6-16-7-8-17-13-4-3-11(14)9-12(13)15/h3-4,9-10,16H,5-8H2,1-2H3. The first-order valence-corrected chi connectivity index (χ1v) is 7.05. The molecule has 0 saturated carbocycles. The van der Waals surface area contributed by atoms with Crippen molar-refractivity contribution in [2.75, 3.05) is 19.7 Å². The highest BCUT2D eigenvalue weighted by Gasteiger charge is 2.01. The van der Waals surface area contributed by atoms with Crippen LogP contribution in [0.5, 0.6) is 5.75 Å². The highest BCUT2D eigenvalue weighted by Crippen LogP contribution is 2.27. The maximum Gasteiger partial charge on any atom is 0.138 e. The molecule has 0 aromatic heterocycles. The van der Waals surface area contributed by atoms with Gasteiger partial charge in [-0.15, -0.1) is 0 Å². The Kier molecular flexibility index (Phi) is 6.93. The Morgan fingerprint density at radius 1 is 1.35 bits per heavy atom. The van der Waals surface area contributed by atoms with Crippen molar-refractivity contribution in [3.63, 3.8) is 0 Å². The molecule has 0 spiro atoms. The molecule has 0 unspecified atom stereocenters. The van der Waals surface area contributed by atoms with Crippen molar-refractivity contribution in [2.45, 2.75) is 20.3 Å². The summed E-state index contributed by atoms with van der Waals surface area (Å²) in [6.45, 7) is 6.97. The molecule has 1 rings (SSSR count). The van der Waals surface area contributed by atoms with Crippen LogP contribution in [0.15, 0.2) is 22.7 Å². The summed E-state index contributed by atoms with van der Waals surface area (Å²) in [5.74, 6) is 1.48. The first-order valence-electron chi connectivity index (χ1n) is 5.88. The zero-order valence-electron chi connectivity index (χ0n) is 10.3. The van der Waals surface area contributed by atoms with Gasteiger partial charge in [-0.25, -0.2) is 0 Å². The second kappa shape index (κ2) is 7.96. The van der Waals surface area contributed by atoms with Crippen LogP contribution in [0.1, 0.15) is 20.3 Å². The van der Waals surface area contributed by atoms with E-state index in [4.69, 9.17) is 16.3 Å². The van der Waals surface area contributed by atoms with Crippen LogP contribution in [0.4, 0.5) is 0 Å². The Hall–Kier alpha value is -0.250. The Balaban J connectivity index is 2.18. The van der Waals surface area contributed by atoms with E-state index in [-0.39, 0.29) is 0 Å². The molecule has 0 aliphatic carbocycles. The zero-order valence-corrected chi connectivity index (χ0v) is 12.6. The van der Waals surface area contributed by atoms with Gasteiger partial charge >= 0.3 is 0 Å². The quantitative estimate of drug-likeness (QED) is 0.763. The van der Waals surface area contributed by atoms with Crippen molar-refractivity contribution in [3.05, 3.63) is 27.7 Å². The van der Waals surface area contributed by atoms with Gasteiger partial charge in [-0.05, 0) is 37.1 Å². The van der Waals surface area contributed by atoms with Gasteiger partial charge in [0.05, 0.1) is 5.02 Å². The predicted octanol–water partition coefficient (Wildman–Crippen LogP) is 4.12. The lowest BCUT2D eigenvalue weighted by molar-refractivity contribution is 0.312. The van der Waals surface area contributed by atoms with Crippen LogP contribution >= 0.6 is 27.5 Å². The van der Waals surface area contributed by atoms with Gasteiger partial charge in [0.15, 0.2) is 0 Å². The second-order valence-electron chi connectivity index (χ2n) is 4.36. The largest absolute Gasteiger partial charge is 0.491 e. The maximum atomic E-state index is 6.04. The van der Waals surface area contributed by atoms with Gasteiger partial charge in [-0.2, -0.15) is 0 Å². The molecule has 0 saturated heterocycles. The minimum absolute atomic E-state index is 0.638. The van der Waals surface area contributed by atoms with Crippen LogP contribution in [0.2, 0.25) is 5.02 Å². The molecule has 0 radical (unpaired) electrons. The van der Waals surface area contributed by atoms with Gasteiger partial charge in [0.1, 0.15) is 12.4 Å². The molecule has 1 aromatic rings. The van der Waals surface area contributed by atoms with E-state index in [2.05, 4.69) is 35.1 Å². The van der Waals surface area contributed by atoms with E-state index in [0.29, 0.717) is 11.6 Å². The van der Waals surface area contributed by atoms with Gasteiger partial charge in [-0.1, -0.05) is 41.4 Å². The molecule has 4 heteroatoms. The van der Waals surface area contributed by atoms with Gasteiger partial charge < -0.3 is 10.1 Å². The fourth-order valence-corrected chi connectivity index (χ4v) is 2.07. The third kappa shape index (κ3) is 6.29. The van der Waals surface area contributed by atoms with Crippen molar-refractivity contribution in [1.82, 2.24) is 5.32 Å². The molecule has 1 aromatic carbocycles. The van der Waals surface area contributed by atoms with Crippen molar-refractivity contribution in [3.8, 4) is 5.75 Å². The summed E-state index contributed by atoms with van der Waals surface area (Å²) in [5.41, 5.74) is 0. The Morgan fingerprint density at radius 3 is 2.76 bits per heavy atom. The zero-order chi connectivity index (χ0) is 12.7. The normalized spacial score (nSPS) is 10.9. The molecule has 0 atom stereocenters. The SMILES string of the molecule is CC(C)CCNCCOc1ccc(Br)cc1Cl. The van der Waals surface area contributed by atoms with Gasteiger partial charge in [0, 0.05) is 11.0 Å². The van der Waals surface area contributed by atoms with Gasteiger partial charge in [-0.3, -0.25) is 0 Å². The lowest BCUT2D eigenvalue weighted by Crippen LogP contribution is -2.23. The monoisotopic (exact) mass is 319 g/mol.